The Labute approximate surface area is 201 Å². The van der Waals surface area contributed by atoms with Crippen LogP contribution in [0.3, 0.4) is 0 Å². The number of nitrogens with one attached hydrogen (secondary N) is 3. The molecule has 1 aliphatic carbocycles. The molecule has 182 valence electrons. The van der Waals surface area contributed by atoms with E-state index >= 15 is 0 Å². The molecule has 2 heterocycles. The molecule has 1 aromatic carbocycles. The summed E-state index contributed by atoms with van der Waals surface area (Å²) in [7, 11) is 0. The zero-order valence-corrected chi connectivity index (χ0v) is 19.6. The van der Waals surface area contributed by atoms with Crippen LogP contribution >= 0.6 is 0 Å². The maximum atomic E-state index is 13.1. The summed E-state index contributed by atoms with van der Waals surface area (Å²) in [4.78, 5) is 31.3. The number of pyridine rings is 1. The molecule has 1 saturated carbocycles. The zero-order chi connectivity index (χ0) is 23.8. The molecule has 4 rings (SSSR count). The summed E-state index contributed by atoms with van der Waals surface area (Å²) in [6.45, 7) is 3.70. The Bertz CT molecular complexity index is 954. The maximum absolute atomic E-state index is 13.1. The van der Waals surface area contributed by atoms with E-state index in [9.17, 15) is 9.59 Å². The van der Waals surface area contributed by atoms with Crippen LogP contribution in [0.5, 0.6) is 0 Å². The van der Waals surface area contributed by atoms with Gasteiger partial charge in [0.15, 0.2) is 0 Å². The van der Waals surface area contributed by atoms with Crippen molar-refractivity contribution in [3.05, 3.63) is 53.7 Å². The van der Waals surface area contributed by atoms with Gasteiger partial charge in [0.05, 0.1) is 5.56 Å². The van der Waals surface area contributed by atoms with Crippen LogP contribution in [0.1, 0.15) is 66.9 Å². The van der Waals surface area contributed by atoms with Gasteiger partial charge in [0.1, 0.15) is 5.82 Å². The van der Waals surface area contributed by atoms with Crippen LogP contribution < -0.4 is 16.0 Å². The van der Waals surface area contributed by atoms with Crippen LogP contribution in [0.25, 0.3) is 0 Å². The molecule has 1 saturated heterocycles. The Morgan fingerprint density at radius 1 is 0.971 bits per heavy atom. The van der Waals surface area contributed by atoms with Crippen molar-refractivity contribution in [2.45, 2.75) is 56.9 Å². The van der Waals surface area contributed by atoms with Crippen LogP contribution in [0.15, 0.2) is 42.5 Å². The third-order valence-electron chi connectivity index (χ3n) is 6.83. The minimum absolute atomic E-state index is 0.000573. The van der Waals surface area contributed by atoms with Crippen LogP contribution in [-0.2, 0) is 0 Å². The number of rotatable bonds is 8. The second-order valence-corrected chi connectivity index (χ2v) is 9.28. The van der Waals surface area contributed by atoms with Crippen molar-refractivity contribution in [3.8, 4) is 0 Å². The largest absolute Gasteiger partial charge is 0.465 e. The molecule has 0 unspecified atom stereocenters. The highest BCUT2D eigenvalue weighted by Gasteiger charge is 2.25. The molecule has 0 atom stereocenters. The standard InChI is InChI=1S/C26H35N5O3/c32-25(27-15-18-31-16-5-2-6-17-31)22-13-14-23(19-9-11-21(12-10-19)29-26(33)34)30-24(22)28-20-7-3-1-4-8-20/h1,3-4,7-8,13-14,19,21,29H,2,5-6,9-12,15-18H2,(H,27,32)(H,28,30)(H,33,34). The molecule has 0 radical (unpaired) electrons. The number of para-hydroxylation sites is 1. The van der Waals surface area contributed by atoms with E-state index in [4.69, 9.17) is 10.1 Å². The molecule has 2 fully saturated rings. The van der Waals surface area contributed by atoms with E-state index < -0.39 is 6.09 Å². The lowest BCUT2D eigenvalue weighted by molar-refractivity contribution is 0.0947. The molecule has 1 aromatic heterocycles. The first kappa shape index (κ1) is 24.0. The van der Waals surface area contributed by atoms with Crippen molar-refractivity contribution in [3.63, 3.8) is 0 Å². The Kier molecular flexibility index (Phi) is 8.36. The van der Waals surface area contributed by atoms with E-state index in [0.717, 1.165) is 56.7 Å². The number of carbonyl (C=O) groups excluding carboxylic acids is 1. The number of hydrogen-bond donors (Lipinski definition) is 4. The molecule has 0 spiro atoms. The number of amides is 2. The van der Waals surface area contributed by atoms with Gasteiger partial charge in [0.2, 0.25) is 0 Å². The normalized spacial score (nSPS) is 20.9. The Morgan fingerprint density at radius 3 is 2.41 bits per heavy atom. The van der Waals surface area contributed by atoms with Crippen LogP contribution in [0, 0.1) is 0 Å². The highest BCUT2D eigenvalue weighted by Crippen LogP contribution is 2.33. The molecular formula is C26H35N5O3. The molecular weight excluding hydrogens is 430 g/mol. The number of anilines is 2. The number of benzene rings is 1. The van der Waals surface area contributed by atoms with E-state index in [1.807, 2.05) is 42.5 Å². The monoisotopic (exact) mass is 465 g/mol. The minimum Gasteiger partial charge on any atom is -0.465 e. The van der Waals surface area contributed by atoms with Gasteiger partial charge in [-0.2, -0.15) is 0 Å². The summed E-state index contributed by atoms with van der Waals surface area (Å²) in [5, 5.41) is 18.0. The van der Waals surface area contributed by atoms with Crippen molar-refractivity contribution in [1.82, 2.24) is 20.5 Å². The lowest BCUT2D eigenvalue weighted by Crippen LogP contribution is -2.37. The van der Waals surface area contributed by atoms with Crippen molar-refractivity contribution in [2.75, 3.05) is 31.5 Å². The SMILES string of the molecule is O=C(O)NC1CCC(c2ccc(C(=O)NCCN3CCCCC3)c(Nc3ccccc3)n2)CC1. The van der Waals surface area contributed by atoms with Crippen molar-refractivity contribution < 1.29 is 14.7 Å². The predicted octanol–water partition coefficient (Wildman–Crippen LogP) is 4.33. The first-order valence-electron chi connectivity index (χ1n) is 12.4. The smallest absolute Gasteiger partial charge is 0.404 e. The highest BCUT2D eigenvalue weighted by atomic mass is 16.4. The first-order chi connectivity index (χ1) is 16.6. The maximum Gasteiger partial charge on any atom is 0.404 e. The van der Waals surface area contributed by atoms with E-state index in [2.05, 4.69) is 20.9 Å². The van der Waals surface area contributed by atoms with Gasteiger partial charge in [-0.3, -0.25) is 4.79 Å². The highest BCUT2D eigenvalue weighted by molar-refractivity contribution is 5.99. The molecule has 4 N–H and O–H groups in total. The fraction of sp³-hybridized carbons (Fsp3) is 0.500. The van der Waals surface area contributed by atoms with Gasteiger partial charge >= 0.3 is 6.09 Å². The summed E-state index contributed by atoms with van der Waals surface area (Å²) < 4.78 is 0. The topological polar surface area (TPSA) is 107 Å². The van der Waals surface area contributed by atoms with Gasteiger partial charge in [-0.15, -0.1) is 0 Å². The van der Waals surface area contributed by atoms with Crippen molar-refractivity contribution >= 4 is 23.5 Å². The molecule has 8 nitrogen and oxygen atoms in total. The fourth-order valence-corrected chi connectivity index (χ4v) is 4.95. The van der Waals surface area contributed by atoms with E-state index in [1.54, 1.807) is 0 Å². The van der Waals surface area contributed by atoms with E-state index in [1.165, 1.54) is 19.3 Å². The summed E-state index contributed by atoms with van der Waals surface area (Å²) in [6.07, 6.45) is 6.11. The third-order valence-corrected chi connectivity index (χ3v) is 6.83. The molecule has 34 heavy (non-hydrogen) atoms. The molecule has 2 aliphatic rings. The number of carboxylic acid groups (broad SMARTS) is 1. The summed E-state index contributed by atoms with van der Waals surface area (Å²) >= 11 is 0. The van der Waals surface area contributed by atoms with Gasteiger partial charge in [-0.05, 0) is 75.9 Å². The number of carbonyl (C=O) groups is 2. The number of likely N-dealkylation sites (tertiary alicyclic amines) is 1. The van der Waals surface area contributed by atoms with Gasteiger partial charge < -0.3 is 26.0 Å². The van der Waals surface area contributed by atoms with Crippen molar-refractivity contribution in [2.24, 2.45) is 0 Å². The minimum atomic E-state index is -0.966. The number of nitrogens with zero attached hydrogens (tertiary/aromatic N) is 2. The second kappa shape index (κ2) is 11.8. The number of piperidine rings is 1. The fourth-order valence-electron chi connectivity index (χ4n) is 4.95. The quantitative estimate of drug-likeness (QED) is 0.462. The lowest BCUT2D eigenvalue weighted by atomic mass is 9.84. The molecule has 2 amide bonds. The zero-order valence-electron chi connectivity index (χ0n) is 19.6. The Morgan fingerprint density at radius 2 is 1.71 bits per heavy atom. The van der Waals surface area contributed by atoms with Gasteiger partial charge in [-0.1, -0.05) is 24.6 Å². The lowest BCUT2D eigenvalue weighted by Gasteiger charge is -2.28. The Balaban J connectivity index is 1.44. The molecule has 0 bridgehead atoms. The third kappa shape index (κ3) is 6.70. The average Bonchev–Trinajstić information content (AvgIpc) is 2.85. The van der Waals surface area contributed by atoms with Crippen LogP contribution in [-0.4, -0.2) is 59.2 Å². The molecule has 1 aliphatic heterocycles. The van der Waals surface area contributed by atoms with Crippen molar-refractivity contribution in [1.29, 1.82) is 0 Å². The van der Waals surface area contributed by atoms with Gasteiger partial charge in [0.25, 0.3) is 5.91 Å². The average molecular weight is 466 g/mol. The van der Waals surface area contributed by atoms with Crippen LogP contribution in [0.2, 0.25) is 0 Å². The first-order valence-corrected chi connectivity index (χ1v) is 12.4. The predicted molar refractivity (Wildman–Crippen MR) is 133 cm³/mol. The van der Waals surface area contributed by atoms with E-state index in [0.29, 0.717) is 17.9 Å². The summed E-state index contributed by atoms with van der Waals surface area (Å²) in [6, 6.07) is 13.6. The summed E-state index contributed by atoms with van der Waals surface area (Å²) in [5.41, 5.74) is 2.36. The Hall–Kier alpha value is -3.13. The van der Waals surface area contributed by atoms with Crippen LogP contribution in [0.4, 0.5) is 16.3 Å². The number of hydrogen-bond acceptors (Lipinski definition) is 5. The second-order valence-electron chi connectivity index (χ2n) is 9.28. The van der Waals surface area contributed by atoms with E-state index in [-0.39, 0.29) is 17.9 Å². The summed E-state index contributed by atoms with van der Waals surface area (Å²) in [5.74, 6) is 0.688. The molecule has 8 heteroatoms. The van der Waals surface area contributed by atoms with Gasteiger partial charge in [-0.25, -0.2) is 9.78 Å². The van der Waals surface area contributed by atoms with Gasteiger partial charge in [0, 0.05) is 36.4 Å². The molecule has 2 aromatic rings. The number of aromatic nitrogens is 1.